The lowest BCUT2D eigenvalue weighted by Gasteiger charge is -2.30. The fourth-order valence-electron chi connectivity index (χ4n) is 2.15. The molecule has 0 amide bonds. The van der Waals surface area contributed by atoms with E-state index >= 15 is 0 Å². The van der Waals surface area contributed by atoms with Crippen LogP contribution in [0.4, 0.5) is 0 Å². The Balaban J connectivity index is 2.24. The summed E-state index contributed by atoms with van der Waals surface area (Å²) >= 11 is 6.59. The summed E-state index contributed by atoms with van der Waals surface area (Å²) in [4.78, 5) is 0.264. The number of hydrogen-bond acceptors (Lipinski definition) is 3. The molecule has 1 aromatic carbocycles. The van der Waals surface area contributed by atoms with Gasteiger partial charge in [0.1, 0.15) is 0 Å². The molecule has 1 saturated heterocycles. The summed E-state index contributed by atoms with van der Waals surface area (Å²) in [5.74, 6) is 0. The highest BCUT2D eigenvalue weighted by Crippen LogP contribution is 2.26. The Labute approximate surface area is 130 Å². The SMILES string of the molecule is CC1NCCCC1NS(=O)(=O)c1cc(Br)ccc1Br. The highest BCUT2D eigenvalue weighted by atomic mass is 79.9. The molecule has 106 valence electrons. The van der Waals surface area contributed by atoms with Gasteiger partial charge in [-0.25, -0.2) is 13.1 Å². The van der Waals surface area contributed by atoms with Crippen LogP contribution >= 0.6 is 31.9 Å². The first-order valence-electron chi connectivity index (χ1n) is 6.11. The number of halogens is 2. The highest BCUT2D eigenvalue weighted by Gasteiger charge is 2.27. The van der Waals surface area contributed by atoms with Crippen LogP contribution in [0.3, 0.4) is 0 Å². The maximum atomic E-state index is 12.4. The molecule has 0 aliphatic carbocycles. The quantitative estimate of drug-likeness (QED) is 0.803. The molecule has 1 aliphatic heterocycles. The first kappa shape index (κ1) is 15.4. The zero-order chi connectivity index (χ0) is 14.0. The summed E-state index contributed by atoms with van der Waals surface area (Å²) in [7, 11) is -3.51. The van der Waals surface area contributed by atoms with Crippen molar-refractivity contribution in [1.82, 2.24) is 10.0 Å². The predicted octanol–water partition coefficient (Wildman–Crippen LogP) is 2.63. The van der Waals surface area contributed by atoms with Crippen molar-refractivity contribution in [2.75, 3.05) is 6.54 Å². The number of nitrogens with one attached hydrogen (secondary N) is 2. The van der Waals surface area contributed by atoms with Gasteiger partial charge in [0.25, 0.3) is 0 Å². The molecule has 2 atom stereocenters. The van der Waals surface area contributed by atoms with E-state index < -0.39 is 10.0 Å². The molecular weight excluding hydrogens is 396 g/mol. The molecule has 4 nitrogen and oxygen atoms in total. The Kier molecular flexibility index (Phi) is 5.05. The first-order chi connectivity index (χ1) is 8.90. The van der Waals surface area contributed by atoms with Gasteiger partial charge in [-0.1, -0.05) is 15.9 Å². The molecule has 1 aliphatic rings. The lowest BCUT2D eigenvalue weighted by Crippen LogP contribution is -2.51. The summed E-state index contributed by atoms with van der Waals surface area (Å²) in [5.41, 5.74) is 0. The van der Waals surface area contributed by atoms with Crippen molar-refractivity contribution in [3.63, 3.8) is 0 Å². The van der Waals surface area contributed by atoms with Crippen molar-refractivity contribution in [2.45, 2.75) is 36.7 Å². The molecular formula is C12H16Br2N2O2S. The second-order valence-electron chi connectivity index (χ2n) is 4.69. The van der Waals surface area contributed by atoms with E-state index in [9.17, 15) is 8.42 Å². The molecule has 0 bridgehead atoms. The topological polar surface area (TPSA) is 58.2 Å². The molecule has 2 rings (SSSR count). The van der Waals surface area contributed by atoms with Crippen LogP contribution in [0, 0.1) is 0 Å². The summed E-state index contributed by atoms with van der Waals surface area (Å²) in [6.45, 7) is 2.95. The number of benzene rings is 1. The fraction of sp³-hybridized carbons (Fsp3) is 0.500. The highest BCUT2D eigenvalue weighted by molar-refractivity contribution is 9.11. The summed E-state index contributed by atoms with van der Waals surface area (Å²) in [6, 6.07) is 5.21. The van der Waals surface area contributed by atoms with Gasteiger partial charge in [0.05, 0.1) is 4.90 Å². The normalized spacial score (nSPS) is 24.4. The third-order valence-corrected chi connectivity index (χ3v) is 6.23. The number of piperidine rings is 1. The molecule has 0 radical (unpaired) electrons. The molecule has 0 spiro atoms. The van der Waals surface area contributed by atoms with Gasteiger partial charge in [-0.3, -0.25) is 0 Å². The maximum absolute atomic E-state index is 12.4. The van der Waals surface area contributed by atoms with E-state index in [-0.39, 0.29) is 17.0 Å². The van der Waals surface area contributed by atoms with Gasteiger partial charge in [-0.2, -0.15) is 0 Å². The smallest absolute Gasteiger partial charge is 0.242 e. The molecule has 2 unspecified atom stereocenters. The van der Waals surface area contributed by atoms with Crippen LogP contribution in [-0.2, 0) is 10.0 Å². The van der Waals surface area contributed by atoms with Crippen LogP contribution in [-0.4, -0.2) is 27.0 Å². The fourth-order valence-corrected chi connectivity index (χ4v) is 5.00. The number of sulfonamides is 1. The maximum Gasteiger partial charge on any atom is 0.242 e. The molecule has 0 aromatic heterocycles. The molecule has 7 heteroatoms. The second-order valence-corrected chi connectivity index (χ2v) is 8.14. The van der Waals surface area contributed by atoms with Crippen molar-refractivity contribution < 1.29 is 8.42 Å². The monoisotopic (exact) mass is 410 g/mol. The Morgan fingerprint density at radius 3 is 2.79 bits per heavy atom. The Bertz CT molecular complexity index is 563. The Hall–Kier alpha value is 0.0500. The Morgan fingerprint density at radius 2 is 2.11 bits per heavy atom. The summed E-state index contributed by atoms with van der Waals surface area (Å²) in [5, 5.41) is 3.28. The van der Waals surface area contributed by atoms with E-state index in [1.165, 1.54) is 0 Å². The van der Waals surface area contributed by atoms with Crippen molar-refractivity contribution >= 4 is 41.9 Å². The average Bonchev–Trinajstić information content (AvgIpc) is 2.35. The molecule has 19 heavy (non-hydrogen) atoms. The van der Waals surface area contributed by atoms with Crippen LogP contribution < -0.4 is 10.0 Å². The van der Waals surface area contributed by atoms with Crippen LogP contribution in [0.5, 0.6) is 0 Å². The third-order valence-electron chi connectivity index (χ3n) is 3.25. The molecule has 0 saturated carbocycles. The van der Waals surface area contributed by atoms with Gasteiger partial charge in [0.2, 0.25) is 10.0 Å². The van der Waals surface area contributed by atoms with E-state index in [0.29, 0.717) is 4.47 Å². The van der Waals surface area contributed by atoms with Gasteiger partial charge >= 0.3 is 0 Å². The zero-order valence-electron chi connectivity index (χ0n) is 10.5. The number of rotatable bonds is 3. The lowest BCUT2D eigenvalue weighted by molar-refractivity contribution is 0.348. The minimum atomic E-state index is -3.51. The average molecular weight is 412 g/mol. The molecule has 1 aromatic rings. The van der Waals surface area contributed by atoms with Crippen molar-refractivity contribution in [1.29, 1.82) is 0 Å². The zero-order valence-corrected chi connectivity index (χ0v) is 14.5. The third kappa shape index (κ3) is 3.78. The summed E-state index contributed by atoms with van der Waals surface area (Å²) in [6.07, 6.45) is 1.84. The van der Waals surface area contributed by atoms with Gasteiger partial charge in [-0.15, -0.1) is 0 Å². The van der Waals surface area contributed by atoms with Gasteiger partial charge in [-0.05, 0) is 60.4 Å². The number of hydrogen-bond donors (Lipinski definition) is 2. The van der Waals surface area contributed by atoms with Crippen LogP contribution in [0.25, 0.3) is 0 Å². The molecule has 1 fully saturated rings. The van der Waals surface area contributed by atoms with Crippen molar-refractivity contribution in [3.8, 4) is 0 Å². The molecule has 1 heterocycles. The predicted molar refractivity (Wildman–Crippen MR) is 82.7 cm³/mol. The standard InChI is InChI=1S/C12H16Br2N2O2S/c1-8-11(3-2-6-15-8)16-19(17,18)12-7-9(13)4-5-10(12)14/h4-5,7-8,11,15-16H,2-3,6H2,1H3. The lowest BCUT2D eigenvalue weighted by atomic mass is 10.0. The van der Waals surface area contributed by atoms with E-state index in [1.807, 2.05) is 6.92 Å². The van der Waals surface area contributed by atoms with Gasteiger partial charge in [0.15, 0.2) is 0 Å². The second kappa shape index (κ2) is 6.22. The van der Waals surface area contributed by atoms with Gasteiger partial charge in [0, 0.05) is 21.0 Å². The van der Waals surface area contributed by atoms with Crippen LogP contribution in [0.2, 0.25) is 0 Å². The van der Waals surface area contributed by atoms with Crippen LogP contribution in [0.15, 0.2) is 32.0 Å². The van der Waals surface area contributed by atoms with Crippen molar-refractivity contribution in [3.05, 3.63) is 27.1 Å². The minimum Gasteiger partial charge on any atom is -0.313 e. The summed E-state index contributed by atoms with van der Waals surface area (Å²) < 4.78 is 29.0. The largest absolute Gasteiger partial charge is 0.313 e. The van der Waals surface area contributed by atoms with E-state index in [4.69, 9.17) is 0 Å². The van der Waals surface area contributed by atoms with Crippen LogP contribution in [0.1, 0.15) is 19.8 Å². The Morgan fingerprint density at radius 1 is 1.37 bits per heavy atom. The van der Waals surface area contributed by atoms with E-state index in [2.05, 4.69) is 41.9 Å². The van der Waals surface area contributed by atoms with E-state index in [0.717, 1.165) is 23.9 Å². The van der Waals surface area contributed by atoms with E-state index in [1.54, 1.807) is 18.2 Å². The molecule has 2 N–H and O–H groups in total. The van der Waals surface area contributed by atoms with Gasteiger partial charge < -0.3 is 5.32 Å². The van der Waals surface area contributed by atoms with Crippen molar-refractivity contribution in [2.24, 2.45) is 0 Å². The minimum absolute atomic E-state index is 0.0652. The first-order valence-corrected chi connectivity index (χ1v) is 9.18.